The van der Waals surface area contributed by atoms with Crippen LogP contribution in [0.25, 0.3) is 0 Å². The van der Waals surface area contributed by atoms with Gasteiger partial charge in [-0.05, 0) is 5.56 Å². The fourth-order valence-electron chi connectivity index (χ4n) is 2.11. The maximum Gasteiger partial charge on any atom is 0.330 e. The summed E-state index contributed by atoms with van der Waals surface area (Å²) in [4.78, 5) is 23.2. The highest BCUT2D eigenvalue weighted by Crippen LogP contribution is 2.13. The second-order valence-electron chi connectivity index (χ2n) is 4.65. The minimum Gasteiger partial charge on any atom is -0.479 e. The number of carboxylic acids is 1. The highest BCUT2D eigenvalue weighted by molar-refractivity contribution is 5.84. The molecule has 3 N–H and O–H groups in total. The Morgan fingerprint density at radius 2 is 2.15 bits per heavy atom. The molecular weight excluding hydrogens is 260 g/mol. The van der Waals surface area contributed by atoms with Gasteiger partial charge in [-0.3, -0.25) is 4.79 Å². The number of nitrogens with one attached hydrogen (secondary N) is 2. The molecule has 1 heterocycles. The average Bonchev–Trinajstić information content (AvgIpc) is 2.46. The van der Waals surface area contributed by atoms with Crippen LogP contribution in [0.1, 0.15) is 18.0 Å². The van der Waals surface area contributed by atoms with Gasteiger partial charge in [0.05, 0.1) is 19.1 Å². The lowest BCUT2D eigenvalue weighted by molar-refractivity contribution is -0.142. The highest BCUT2D eigenvalue weighted by atomic mass is 16.5. The summed E-state index contributed by atoms with van der Waals surface area (Å²) in [7, 11) is 0. The SMILES string of the molecule is O=C(CC1CNCCO1)NC(C(=O)O)c1ccccc1. The molecule has 1 aliphatic rings. The van der Waals surface area contributed by atoms with E-state index in [4.69, 9.17) is 4.74 Å². The van der Waals surface area contributed by atoms with Crippen molar-refractivity contribution in [3.63, 3.8) is 0 Å². The Morgan fingerprint density at radius 3 is 2.75 bits per heavy atom. The van der Waals surface area contributed by atoms with Crippen LogP contribution in [0.15, 0.2) is 30.3 Å². The molecule has 0 aliphatic carbocycles. The lowest BCUT2D eigenvalue weighted by atomic mass is 10.1. The summed E-state index contributed by atoms with van der Waals surface area (Å²) in [6.45, 7) is 1.95. The number of carbonyl (C=O) groups is 2. The third-order valence-corrected chi connectivity index (χ3v) is 3.10. The van der Waals surface area contributed by atoms with Gasteiger partial charge in [-0.25, -0.2) is 4.79 Å². The number of benzene rings is 1. The van der Waals surface area contributed by atoms with Crippen LogP contribution >= 0.6 is 0 Å². The number of aliphatic carboxylic acids is 1. The van der Waals surface area contributed by atoms with Crippen molar-refractivity contribution in [3.8, 4) is 0 Å². The van der Waals surface area contributed by atoms with Crippen LogP contribution in [0.3, 0.4) is 0 Å². The molecule has 1 amide bonds. The molecule has 0 aromatic heterocycles. The van der Waals surface area contributed by atoms with Crippen molar-refractivity contribution in [2.75, 3.05) is 19.7 Å². The lowest BCUT2D eigenvalue weighted by Crippen LogP contribution is -2.42. The van der Waals surface area contributed by atoms with Crippen molar-refractivity contribution in [1.29, 1.82) is 0 Å². The molecule has 2 atom stereocenters. The fraction of sp³-hybridized carbons (Fsp3) is 0.429. The van der Waals surface area contributed by atoms with E-state index in [1.807, 2.05) is 0 Å². The second kappa shape index (κ2) is 7.02. The molecule has 2 rings (SSSR count). The largest absolute Gasteiger partial charge is 0.479 e. The van der Waals surface area contributed by atoms with Crippen LogP contribution in [-0.4, -0.2) is 42.8 Å². The third kappa shape index (κ3) is 4.04. The maximum absolute atomic E-state index is 11.9. The smallest absolute Gasteiger partial charge is 0.330 e. The molecule has 6 heteroatoms. The molecule has 0 radical (unpaired) electrons. The van der Waals surface area contributed by atoms with Crippen LogP contribution in [0.2, 0.25) is 0 Å². The molecule has 6 nitrogen and oxygen atoms in total. The van der Waals surface area contributed by atoms with E-state index in [0.29, 0.717) is 18.7 Å². The Bertz CT molecular complexity index is 458. The number of amides is 1. The number of hydrogen-bond donors (Lipinski definition) is 3. The summed E-state index contributed by atoms with van der Waals surface area (Å²) in [6.07, 6.45) is -0.0437. The Labute approximate surface area is 117 Å². The highest BCUT2D eigenvalue weighted by Gasteiger charge is 2.24. The summed E-state index contributed by atoms with van der Waals surface area (Å²) in [5, 5.41) is 14.9. The molecule has 1 aromatic rings. The quantitative estimate of drug-likeness (QED) is 0.721. The number of ether oxygens (including phenoxy) is 1. The van der Waals surface area contributed by atoms with E-state index in [1.54, 1.807) is 30.3 Å². The molecule has 1 fully saturated rings. The second-order valence-corrected chi connectivity index (χ2v) is 4.65. The van der Waals surface area contributed by atoms with E-state index in [-0.39, 0.29) is 18.4 Å². The van der Waals surface area contributed by atoms with Crippen molar-refractivity contribution < 1.29 is 19.4 Å². The van der Waals surface area contributed by atoms with Gasteiger partial charge in [-0.1, -0.05) is 30.3 Å². The summed E-state index contributed by atoms with van der Waals surface area (Å²) >= 11 is 0. The fourth-order valence-corrected chi connectivity index (χ4v) is 2.11. The summed E-state index contributed by atoms with van der Waals surface area (Å²) in [6, 6.07) is 7.61. The number of carboxylic acid groups (broad SMARTS) is 1. The van der Waals surface area contributed by atoms with Gasteiger partial charge in [0.1, 0.15) is 0 Å². The molecule has 1 aliphatic heterocycles. The lowest BCUT2D eigenvalue weighted by Gasteiger charge is -2.24. The molecular formula is C14H18N2O4. The van der Waals surface area contributed by atoms with Gasteiger partial charge in [0.15, 0.2) is 6.04 Å². The summed E-state index contributed by atoms with van der Waals surface area (Å²) < 4.78 is 5.43. The zero-order chi connectivity index (χ0) is 14.4. The molecule has 1 saturated heterocycles. The van der Waals surface area contributed by atoms with E-state index >= 15 is 0 Å². The summed E-state index contributed by atoms with van der Waals surface area (Å²) in [5.74, 6) is -1.40. The molecule has 0 spiro atoms. The first-order valence-electron chi connectivity index (χ1n) is 6.56. The van der Waals surface area contributed by atoms with E-state index in [0.717, 1.165) is 6.54 Å². The average molecular weight is 278 g/mol. The van der Waals surface area contributed by atoms with Gasteiger partial charge >= 0.3 is 5.97 Å². The predicted octanol–water partition coefficient (Wildman–Crippen LogP) is 0.307. The topological polar surface area (TPSA) is 87.7 Å². The van der Waals surface area contributed by atoms with Crippen LogP contribution in [0.4, 0.5) is 0 Å². The molecule has 2 unspecified atom stereocenters. The zero-order valence-corrected chi connectivity index (χ0v) is 11.0. The van der Waals surface area contributed by atoms with Gasteiger partial charge < -0.3 is 20.5 Å². The first-order valence-corrected chi connectivity index (χ1v) is 6.56. The van der Waals surface area contributed by atoms with Gasteiger partial charge in [0.2, 0.25) is 5.91 Å². The number of rotatable bonds is 5. The van der Waals surface area contributed by atoms with Gasteiger partial charge in [-0.15, -0.1) is 0 Å². The van der Waals surface area contributed by atoms with Crippen molar-refractivity contribution in [3.05, 3.63) is 35.9 Å². The normalized spacial score (nSPS) is 20.1. The van der Waals surface area contributed by atoms with Gasteiger partial charge in [0.25, 0.3) is 0 Å². The van der Waals surface area contributed by atoms with Crippen molar-refractivity contribution in [1.82, 2.24) is 10.6 Å². The van der Waals surface area contributed by atoms with Crippen LogP contribution in [0.5, 0.6) is 0 Å². The van der Waals surface area contributed by atoms with E-state index in [2.05, 4.69) is 10.6 Å². The minimum absolute atomic E-state index is 0.156. The van der Waals surface area contributed by atoms with E-state index in [9.17, 15) is 14.7 Å². The Kier molecular flexibility index (Phi) is 5.09. The summed E-state index contributed by atoms with van der Waals surface area (Å²) in [5.41, 5.74) is 0.552. The van der Waals surface area contributed by atoms with Crippen LogP contribution in [-0.2, 0) is 14.3 Å². The minimum atomic E-state index is -1.08. The maximum atomic E-state index is 11.9. The number of morpholine rings is 1. The molecule has 20 heavy (non-hydrogen) atoms. The van der Waals surface area contributed by atoms with Crippen molar-refractivity contribution >= 4 is 11.9 Å². The number of hydrogen-bond acceptors (Lipinski definition) is 4. The van der Waals surface area contributed by atoms with Crippen molar-refractivity contribution in [2.24, 2.45) is 0 Å². The Hall–Kier alpha value is -1.92. The molecule has 1 aromatic carbocycles. The van der Waals surface area contributed by atoms with E-state index in [1.165, 1.54) is 0 Å². The molecule has 0 saturated carbocycles. The Balaban J connectivity index is 1.94. The van der Waals surface area contributed by atoms with Crippen LogP contribution in [0, 0.1) is 0 Å². The molecule has 0 bridgehead atoms. The first kappa shape index (κ1) is 14.5. The van der Waals surface area contributed by atoms with Gasteiger partial charge in [-0.2, -0.15) is 0 Å². The monoisotopic (exact) mass is 278 g/mol. The first-order chi connectivity index (χ1) is 9.66. The predicted molar refractivity (Wildman–Crippen MR) is 72.2 cm³/mol. The van der Waals surface area contributed by atoms with Crippen LogP contribution < -0.4 is 10.6 Å². The zero-order valence-electron chi connectivity index (χ0n) is 11.0. The van der Waals surface area contributed by atoms with E-state index < -0.39 is 12.0 Å². The standard InChI is InChI=1S/C14H18N2O4/c17-12(8-11-9-15-6-7-20-11)16-13(14(18)19)10-4-2-1-3-5-10/h1-5,11,13,15H,6-9H2,(H,16,17)(H,18,19). The number of carbonyl (C=O) groups excluding carboxylic acids is 1. The van der Waals surface area contributed by atoms with Gasteiger partial charge in [0, 0.05) is 13.1 Å². The van der Waals surface area contributed by atoms with Crippen molar-refractivity contribution in [2.45, 2.75) is 18.6 Å². The molecule has 108 valence electrons. The Morgan fingerprint density at radius 1 is 1.40 bits per heavy atom. The third-order valence-electron chi connectivity index (χ3n) is 3.10.